The largest absolute Gasteiger partial charge is 0.748 e. The molecule has 12 rings (SSSR count). The van der Waals surface area contributed by atoms with E-state index in [4.69, 9.17) is 48.5 Å². The first-order valence-electron chi connectivity index (χ1n) is 37.4. The Kier molecular flexibility index (Phi) is 27.8. The van der Waals surface area contributed by atoms with Crippen LogP contribution in [0.1, 0.15) is 189 Å². The summed E-state index contributed by atoms with van der Waals surface area (Å²) >= 11 is 14.5. The Labute approximate surface area is 653 Å². The number of para-hydroxylation sites is 2. The molecule has 1 atom stereocenters. The fraction of sp³-hybridized carbons (Fsp3) is 0.419. The molecular formula is C86H102Cl2N4O12S4. The lowest BCUT2D eigenvalue weighted by atomic mass is 9.78. The van der Waals surface area contributed by atoms with Crippen LogP contribution in [-0.2, 0) is 63.1 Å². The molecule has 1 unspecified atom stereocenters. The molecule has 6 aliphatic rings. The van der Waals surface area contributed by atoms with Crippen molar-refractivity contribution in [2.24, 2.45) is 5.92 Å². The lowest BCUT2D eigenvalue weighted by molar-refractivity contribution is -0.438. The summed E-state index contributed by atoms with van der Waals surface area (Å²) in [7, 11) is -14.8. The van der Waals surface area contributed by atoms with E-state index in [2.05, 4.69) is 259 Å². The fourth-order valence-corrected chi connectivity index (χ4v) is 17.9. The standard InChI is InChI=1S/C47H53ClN2O3S.C39H49ClN2O3S.2O3S/c1-31(2)27-29-49-39-23-19-33-13-8-10-17-37(33)43(39)46(4,5)41(49)25-21-35-15-12-16-36(45(35)48)22-26-42-47(6,7)44-38-18-11-9-14-34(38)20-24-40(44)50(42)30-28-32(3)54(51,52)53;1-6-7-12-26-41-33-20-10-8-18-31(33)38(2,3)35(41)24-22-29-16-15-17-30(37(29)40)23-25-36-39(4,5)32-19-9-11-21-34(32)42(36)27-13-14-28-46(43,44)45;2*1-4(2)3/h8-11,13-14,17-26,31-32H,12,15-16,27-30H2,1-7H3;8-11,18-25H,6-7,12-17,26-28H2,1-5H3;;. The van der Waals surface area contributed by atoms with Crippen LogP contribution in [0.15, 0.2) is 214 Å². The maximum absolute atomic E-state index is 11.9. The van der Waals surface area contributed by atoms with E-state index < -0.39 is 46.7 Å². The Hall–Kier alpha value is -7.66. The molecule has 22 heteroatoms. The molecule has 0 radical (unpaired) electrons. The van der Waals surface area contributed by atoms with Gasteiger partial charge in [0.15, 0.2) is 18.0 Å². The SMILES string of the molecule is CC(C)CCN1/C(=C/C=C2\CCCC(/C=C/C3=[N+](CCC(C)S(=O)(=O)[O-])c4ccc5ccccc5c4C3(C)C)=C2Cl)C(C)(C)c2c1ccc1ccccc21.CCCCC[N+]1=C(C=CC2=C(Cl)C(=CC=C3N(CCCCS(=O)(=O)[O-])c4ccccc4C3(C)C)CCC2)C(C)(C)c2ccccc21.O=S(=O)=O.O=S(=O)=O. The second-order valence-corrected chi connectivity index (χ2v) is 36.1. The predicted octanol–water partition coefficient (Wildman–Crippen LogP) is 19.0. The zero-order valence-electron chi connectivity index (χ0n) is 64.1. The molecule has 2 aliphatic carbocycles. The van der Waals surface area contributed by atoms with Gasteiger partial charge in [-0.15, -0.1) is 25.3 Å². The molecule has 0 bridgehead atoms. The summed E-state index contributed by atoms with van der Waals surface area (Å²) in [5.74, 6) is 0.264. The van der Waals surface area contributed by atoms with Gasteiger partial charge in [-0.05, 0) is 190 Å². The van der Waals surface area contributed by atoms with Crippen molar-refractivity contribution >= 4 is 120 Å². The van der Waals surface area contributed by atoms with Crippen LogP contribution in [0.2, 0.25) is 0 Å². The van der Waals surface area contributed by atoms with E-state index in [9.17, 15) is 25.9 Å². The van der Waals surface area contributed by atoms with Gasteiger partial charge in [-0.3, -0.25) is 0 Å². The fourth-order valence-electron chi connectivity index (χ4n) is 16.4. The van der Waals surface area contributed by atoms with Crippen molar-refractivity contribution in [2.45, 2.75) is 193 Å². The zero-order chi connectivity index (χ0) is 78.8. The van der Waals surface area contributed by atoms with Gasteiger partial charge >= 0.3 is 21.2 Å². The Morgan fingerprint density at radius 2 is 0.981 bits per heavy atom. The van der Waals surface area contributed by atoms with Crippen molar-refractivity contribution in [3.05, 3.63) is 236 Å². The van der Waals surface area contributed by atoms with Crippen LogP contribution in [-0.4, -0.2) is 109 Å². The maximum Gasteiger partial charge on any atom is 0.425 e. The number of unbranched alkanes of at least 4 members (excludes halogenated alkanes) is 3. The van der Waals surface area contributed by atoms with Gasteiger partial charge in [0.05, 0.1) is 36.3 Å². The molecule has 4 heterocycles. The summed E-state index contributed by atoms with van der Waals surface area (Å²) in [6.07, 6.45) is 29.5. The highest BCUT2D eigenvalue weighted by Gasteiger charge is 2.47. The normalized spacial score (nSPS) is 19.5. The number of allylic oxidation sites excluding steroid dienone is 16. The Morgan fingerprint density at radius 3 is 1.54 bits per heavy atom. The van der Waals surface area contributed by atoms with E-state index in [1.54, 1.807) is 0 Å². The highest BCUT2D eigenvalue weighted by atomic mass is 35.5. The third kappa shape index (κ3) is 19.4. The van der Waals surface area contributed by atoms with E-state index in [-0.39, 0.29) is 33.8 Å². The van der Waals surface area contributed by atoms with Crippen LogP contribution in [0.5, 0.6) is 0 Å². The number of hydrogen-bond acceptors (Lipinski definition) is 14. The van der Waals surface area contributed by atoms with E-state index >= 15 is 0 Å². The van der Waals surface area contributed by atoms with Gasteiger partial charge in [0.2, 0.25) is 11.4 Å². The van der Waals surface area contributed by atoms with Gasteiger partial charge in [-0.25, -0.2) is 16.8 Å². The molecule has 0 saturated heterocycles. The van der Waals surface area contributed by atoms with Crippen molar-refractivity contribution in [2.75, 3.05) is 41.7 Å². The van der Waals surface area contributed by atoms with Crippen molar-refractivity contribution in [1.82, 2.24) is 0 Å². The molecule has 0 saturated carbocycles. The minimum Gasteiger partial charge on any atom is -0.748 e. The van der Waals surface area contributed by atoms with Crippen molar-refractivity contribution in [3.8, 4) is 0 Å². The summed E-state index contributed by atoms with van der Waals surface area (Å²) < 4.78 is 125. The van der Waals surface area contributed by atoms with E-state index in [1.165, 1.54) is 86.5 Å². The van der Waals surface area contributed by atoms with Crippen LogP contribution in [0.25, 0.3) is 21.5 Å². The molecule has 108 heavy (non-hydrogen) atoms. The van der Waals surface area contributed by atoms with Gasteiger partial charge in [0.1, 0.15) is 6.54 Å². The smallest absolute Gasteiger partial charge is 0.425 e. The minimum absolute atomic E-state index is 0.0888. The number of anilines is 2. The second-order valence-electron chi connectivity index (χ2n) is 31.2. The molecular weight excluding hydrogens is 1480 g/mol. The van der Waals surface area contributed by atoms with Gasteiger partial charge < -0.3 is 18.9 Å². The number of hydrogen-bond donors (Lipinski definition) is 0. The third-order valence-corrected chi connectivity index (χ3v) is 25.0. The average Bonchev–Trinajstić information content (AvgIpc) is 1.58. The minimum atomic E-state index is -4.39. The first-order valence-corrected chi connectivity index (χ1v) is 43.2. The van der Waals surface area contributed by atoms with Gasteiger partial charge in [0, 0.05) is 111 Å². The summed E-state index contributed by atoms with van der Waals surface area (Å²) in [5, 5.41) is 5.59. The molecule has 16 nitrogen and oxygen atoms in total. The summed E-state index contributed by atoms with van der Waals surface area (Å²) in [6, 6.07) is 43.1. The second kappa shape index (κ2) is 35.6. The van der Waals surface area contributed by atoms with Gasteiger partial charge in [-0.1, -0.05) is 193 Å². The summed E-state index contributed by atoms with van der Waals surface area (Å²) in [4.78, 5) is 4.82. The molecule has 0 fully saturated rings. The van der Waals surface area contributed by atoms with Crippen LogP contribution >= 0.6 is 23.2 Å². The first kappa shape index (κ1) is 84.4. The van der Waals surface area contributed by atoms with E-state index in [0.29, 0.717) is 31.8 Å². The highest BCUT2D eigenvalue weighted by Crippen LogP contribution is 2.53. The Balaban J connectivity index is 0.000000229. The Bertz CT molecular complexity index is 5210. The third-order valence-electron chi connectivity index (χ3n) is 22.0. The molecule has 0 aromatic heterocycles. The quantitative estimate of drug-likeness (QED) is 0.0350. The molecule has 0 N–H and O–H groups in total. The topological polar surface area (TPSA) is 229 Å². The van der Waals surface area contributed by atoms with Crippen molar-refractivity contribution < 1.29 is 60.3 Å². The van der Waals surface area contributed by atoms with E-state index in [0.717, 1.165) is 119 Å². The molecule has 576 valence electrons. The average molecular weight is 1580 g/mol. The van der Waals surface area contributed by atoms with Crippen LogP contribution in [0, 0.1) is 5.92 Å². The molecule has 6 aromatic carbocycles. The summed E-state index contributed by atoms with van der Waals surface area (Å²) in [6.45, 7) is 29.7. The lowest BCUT2D eigenvalue weighted by Crippen LogP contribution is -2.29. The number of nitrogens with zero attached hydrogens (tertiary/aromatic N) is 4. The molecule has 0 amide bonds. The van der Waals surface area contributed by atoms with E-state index in [1.807, 2.05) is 6.07 Å². The molecule has 6 aromatic rings. The van der Waals surface area contributed by atoms with Crippen LogP contribution in [0.4, 0.5) is 22.7 Å². The summed E-state index contributed by atoms with van der Waals surface area (Å²) in [5.41, 5.74) is 18.6. The lowest BCUT2D eigenvalue weighted by Gasteiger charge is -2.28. The zero-order valence-corrected chi connectivity index (χ0v) is 68.9. The number of benzene rings is 6. The number of fused-ring (bicyclic) bond motifs is 8. The number of rotatable bonds is 22. The van der Waals surface area contributed by atoms with Crippen molar-refractivity contribution in [3.63, 3.8) is 0 Å². The van der Waals surface area contributed by atoms with Gasteiger partial charge in [-0.2, -0.15) is 9.15 Å². The predicted molar refractivity (Wildman–Crippen MR) is 437 cm³/mol. The first-order chi connectivity index (χ1) is 50.9. The Morgan fingerprint density at radius 1 is 0.491 bits per heavy atom. The monoisotopic (exact) mass is 1580 g/mol. The van der Waals surface area contributed by atoms with Gasteiger partial charge in [0.25, 0.3) is 0 Å². The van der Waals surface area contributed by atoms with Crippen molar-refractivity contribution in [1.29, 1.82) is 0 Å². The maximum atomic E-state index is 11.9. The molecule has 4 aliphatic heterocycles. The van der Waals surface area contributed by atoms with Crippen LogP contribution < -0.4 is 9.80 Å². The highest BCUT2D eigenvalue weighted by molar-refractivity contribution is 7.86. The number of halogens is 2. The molecule has 0 spiro atoms. The van der Waals surface area contributed by atoms with Crippen LogP contribution in [0.3, 0.4) is 0 Å².